The number of cyclic esters (lactones) is 1. The van der Waals surface area contributed by atoms with Gasteiger partial charge in [-0.1, -0.05) is 12.1 Å². The van der Waals surface area contributed by atoms with Crippen molar-refractivity contribution in [1.82, 2.24) is 4.90 Å². The molecule has 0 aromatic heterocycles. The summed E-state index contributed by atoms with van der Waals surface area (Å²) in [5.41, 5.74) is 0.454. The van der Waals surface area contributed by atoms with Crippen molar-refractivity contribution >= 4 is 12.1 Å². The third-order valence-corrected chi connectivity index (χ3v) is 2.67. The summed E-state index contributed by atoms with van der Waals surface area (Å²) >= 11 is 0. The fraction of sp³-hybridized carbons (Fsp3) is 0.273. The van der Waals surface area contributed by atoms with Crippen LogP contribution in [0.15, 0.2) is 24.3 Å². The smallest absolute Gasteiger partial charge is 0.411 e. The highest BCUT2D eigenvalue weighted by atomic mass is 16.6. The number of benzene rings is 1. The van der Waals surface area contributed by atoms with Crippen LogP contribution < -0.4 is 0 Å². The van der Waals surface area contributed by atoms with Gasteiger partial charge in [-0.25, -0.2) is 9.59 Å². The molecule has 1 aliphatic rings. The highest BCUT2D eigenvalue weighted by Crippen LogP contribution is 2.32. The Morgan fingerprint density at radius 3 is 2.76 bits per heavy atom. The molecule has 1 aliphatic heterocycles. The van der Waals surface area contributed by atoms with Crippen molar-refractivity contribution in [1.29, 1.82) is 0 Å². The number of carbonyl (C=O) groups is 2. The van der Waals surface area contributed by atoms with E-state index in [0.29, 0.717) is 5.56 Å². The summed E-state index contributed by atoms with van der Waals surface area (Å²) in [5.74, 6) is -1.15. The lowest BCUT2D eigenvalue weighted by atomic mass is 10.0. The number of rotatable bonds is 2. The number of aliphatic carboxylic acids is 1. The van der Waals surface area contributed by atoms with E-state index in [1.54, 1.807) is 12.1 Å². The zero-order valence-electron chi connectivity index (χ0n) is 9.03. The molecular formula is C11H11NO5. The Balaban J connectivity index is 2.38. The Labute approximate surface area is 97.0 Å². The summed E-state index contributed by atoms with van der Waals surface area (Å²) in [6, 6.07) is 4.93. The molecule has 17 heavy (non-hydrogen) atoms. The van der Waals surface area contributed by atoms with E-state index >= 15 is 0 Å². The van der Waals surface area contributed by atoms with E-state index in [-0.39, 0.29) is 5.75 Å². The van der Waals surface area contributed by atoms with Gasteiger partial charge in [0.25, 0.3) is 0 Å². The fourth-order valence-electron chi connectivity index (χ4n) is 1.82. The topological polar surface area (TPSA) is 87.1 Å². The van der Waals surface area contributed by atoms with E-state index in [2.05, 4.69) is 0 Å². The lowest BCUT2D eigenvalue weighted by molar-refractivity contribution is -0.142. The van der Waals surface area contributed by atoms with E-state index < -0.39 is 24.2 Å². The predicted octanol–water partition coefficient (Wildman–Crippen LogP) is 0.968. The van der Waals surface area contributed by atoms with E-state index in [1.807, 2.05) is 0 Å². The molecule has 1 saturated heterocycles. The van der Waals surface area contributed by atoms with Gasteiger partial charge in [0.2, 0.25) is 0 Å². The number of amides is 1. The molecule has 6 heteroatoms. The van der Waals surface area contributed by atoms with Crippen molar-refractivity contribution in [3.63, 3.8) is 0 Å². The van der Waals surface area contributed by atoms with Gasteiger partial charge in [-0.3, -0.25) is 4.90 Å². The molecule has 0 bridgehead atoms. The minimum absolute atomic E-state index is 0.00255. The minimum Gasteiger partial charge on any atom is -0.508 e. The first-order valence-corrected chi connectivity index (χ1v) is 4.96. The standard InChI is InChI=1S/C11H11NO5/c1-12-8(10(14)15)9(17-11(12)16)6-3-2-4-7(13)5-6/h2-5,8-9,13H,1H3,(H,14,15). The quantitative estimate of drug-likeness (QED) is 0.800. The number of carboxylic acid groups (broad SMARTS) is 1. The van der Waals surface area contributed by atoms with Gasteiger partial charge in [0, 0.05) is 7.05 Å². The van der Waals surface area contributed by atoms with Crippen LogP contribution in [0.3, 0.4) is 0 Å². The first-order chi connectivity index (χ1) is 8.00. The normalized spacial score (nSPS) is 23.6. The summed E-state index contributed by atoms with van der Waals surface area (Å²) < 4.78 is 4.98. The average molecular weight is 237 g/mol. The van der Waals surface area contributed by atoms with Gasteiger partial charge < -0.3 is 14.9 Å². The Kier molecular flexibility index (Phi) is 2.63. The molecule has 2 N–H and O–H groups in total. The van der Waals surface area contributed by atoms with E-state index in [1.165, 1.54) is 19.2 Å². The van der Waals surface area contributed by atoms with Crippen molar-refractivity contribution in [3.05, 3.63) is 29.8 Å². The molecule has 1 aromatic rings. The monoisotopic (exact) mass is 237 g/mol. The molecule has 1 aromatic carbocycles. The van der Waals surface area contributed by atoms with Gasteiger partial charge in [-0.2, -0.15) is 0 Å². The number of aromatic hydroxyl groups is 1. The van der Waals surface area contributed by atoms with Crippen molar-refractivity contribution in [2.24, 2.45) is 0 Å². The van der Waals surface area contributed by atoms with Crippen LogP contribution in [0.2, 0.25) is 0 Å². The summed E-state index contributed by atoms with van der Waals surface area (Å²) in [6.45, 7) is 0. The molecule has 6 nitrogen and oxygen atoms in total. The highest BCUT2D eigenvalue weighted by Gasteiger charge is 2.45. The number of phenolic OH excluding ortho intramolecular Hbond substituents is 1. The highest BCUT2D eigenvalue weighted by molar-refractivity contribution is 5.84. The number of nitrogens with zero attached hydrogens (tertiary/aromatic N) is 1. The van der Waals surface area contributed by atoms with Crippen LogP contribution in [0.1, 0.15) is 11.7 Å². The third-order valence-electron chi connectivity index (χ3n) is 2.67. The fourth-order valence-corrected chi connectivity index (χ4v) is 1.82. The lowest BCUT2D eigenvalue weighted by Gasteiger charge is -2.17. The lowest BCUT2D eigenvalue weighted by Crippen LogP contribution is -2.37. The molecule has 0 aliphatic carbocycles. The number of hydrogen-bond donors (Lipinski definition) is 2. The van der Waals surface area contributed by atoms with Crippen LogP contribution in [-0.4, -0.2) is 40.3 Å². The maximum atomic E-state index is 11.3. The molecule has 0 spiro atoms. The van der Waals surface area contributed by atoms with Crippen molar-refractivity contribution in [3.8, 4) is 5.75 Å². The Hall–Kier alpha value is -2.24. The number of hydrogen-bond acceptors (Lipinski definition) is 4. The number of carboxylic acids is 1. The molecule has 1 amide bonds. The predicted molar refractivity (Wildman–Crippen MR) is 56.5 cm³/mol. The second kappa shape index (κ2) is 3.97. The second-order valence-corrected chi connectivity index (χ2v) is 3.79. The molecule has 1 fully saturated rings. The SMILES string of the molecule is CN1C(=O)OC(c2cccc(O)c2)C1C(=O)O. The largest absolute Gasteiger partial charge is 0.508 e. The molecule has 1 heterocycles. The molecule has 0 saturated carbocycles. The molecule has 2 atom stereocenters. The van der Waals surface area contributed by atoms with Gasteiger partial charge in [-0.15, -0.1) is 0 Å². The van der Waals surface area contributed by atoms with Crippen molar-refractivity contribution in [2.75, 3.05) is 7.05 Å². The van der Waals surface area contributed by atoms with Crippen LogP contribution >= 0.6 is 0 Å². The van der Waals surface area contributed by atoms with Gasteiger partial charge >= 0.3 is 12.1 Å². The maximum Gasteiger partial charge on any atom is 0.411 e. The van der Waals surface area contributed by atoms with Crippen LogP contribution in [-0.2, 0) is 9.53 Å². The van der Waals surface area contributed by atoms with E-state index in [0.717, 1.165) is 4.90 Å². The minimum atomic E-state index is -1.15. The Morgan fingerprint density at radius 1 is 1.47 bits per heavy atom. The van der Waals surface area contributed by atoms with Crippen molar-refractivity contribution < 1.29 is 24.5 Å². The first-order valence-electron chi connectivity index (χ1n) is 4.96. The number of carbonyl (C=O) groups excluding carboxylic acids is 1. The molecule has 2 rings (SSSR count). The van der Waals surface area contributed by atoms with Crippen molar-refractivity contribution in [2.45, 2.75) is 12.1 Å². The average Bonchev–Trinajstić information content (AvgIpc) is 2.55. The summed E-state index contributed by atoms with van der Waals surface area (Å²) in [6.07, 6.45) is -1.59. The van der Waals surface area contributed by atoms with Gasteiger partial charge in [0.15, 0.2) is 12.1 Å². The molecule has 90 valence electrons. The van der Waals surface area contributed by atoms with E-state index in [9.17, 15) is 14.7 Å². The molecule has 0 radical (unpaired) electrons. The first kappa shape index (κ1) is 11.3. The maximum absolute atomic E-state index is 11.3. The zero-order chi connectivity index (χ0) is 12.6. The summed E-state index contributed by atoms with van der Waals surface area (Å²) in [5, 5.41) is 18.4. The van der Waals surface area contributed by atoms with Crippen LogP contribution in [0, 0.1) is 0 Å². The van der Waals surface area contributed by atoms with Gasteiger partial charge in [0.05, 0.1) is 0 Å². The third kappa shape index (κ3) is 1.89. The van der Waals surface area contributed by atoms with Crippen LogP contribution in [0.4, 0.5) is 4.79 Å². The Bertz CT molecular complexity index is 473. The zero-order valence-corrected chi connectivity index (χ0v) is 9.03. The molecule has 2 unspecified atom stereocenters. The van der Waals surface area contributed by atoms with E-state index in [4.69, 9.17) is 9.84 Å². The van der Waals surface area contributed by atoms with Gasteiger partial charge in [0.1, 0.15) is 5.75 Å². The number of likely N-dealkylation sites (N-methyl/N-ethyl adjacent to an activating group) is 1. The van der Waals surface area contributed by atoms with Gasteiger partial charge in [-0.05, 0) is 17.7 Å². The summed E-state index contributed by atoms with van der Waals surface area (Å²) in [7, 11) is 1.36. The number of ether oxygens (including phenoxy) is 1. The van der Waals surface area contributed by atoms with Crippen LogP contribution in [0.25, 0.3) is 0 Å². The molecular weight excluding hydrogens is 226 g/mol. The summed E-state index contributed by atoms with van der Waals surface area (Å²) in [4.78, 5) is 23.5. The second-order valence-electron chi connectivity index (χ2n) is 3.79. The number of phenols is 1. The van der Waals surface area contributed by atoms with Crippen LogP contribution in [0.5, 0.6) is 5.75 Å². The Morgan fingerprint density at radius 2 is 2.18 bits per heavy atom.